The average molecular weight is 697 g/mol. The van der Waals surface area contributed by atoms with Gasteiger partial charge in [-0.25, -0.2) is 0 Å². The van der Waals surface area contributed by atoms with E-state index in [2.05, 4.69) is 41.2 Å². The Morgan fingerprint density at radius 2 is 1.41 bits per heavy atom. The fraction of sp³-hybridized carbons (Fsp3) is 0.357. The van der Waals surface area contributed by atoms with Gasteiger partial charge in [-0.1, -0.05) is 101 Å². The van der Waals surface area contributed by atoms with Gasteiger partial charge in [0.1, 0.15) is 17.1 Å². The molecule has 0 bridgehead atoms. The first-order valence-electron chi connectivity index (χ1n) is 17.3. The largest absolute Gasteiger partial charge is 0.488 e. The van der Waals surface area contributed by atoms with Crippen LogP contribution in [0.25, 0.3) is 0 Å². The highest BCUT2D eigenvalue weighted by molar-refractivity contribution is 8.03. The fourth-order valence-corrected chi connectivity index (χ4v) is 7.84. The third-order valence-corrected chi connectivity index (χ3v) is 10.2. The maximum atomic E-state index is 14.0. The van der Waals surface area contributed by atoms with E-state index in [0.29, 0.717) is 44.2 Å². The molecule has 4 rings (SSSR count). The smallest absolute Gasteiger partial charge is 0.314 e. The highest BCUT2D eigenvalue weighted by Gasteiger charge is 2.34. The molecule has 0 amide bonds. The van der Waals surface area contributed by atoms with E-state index in [1.54, 1.807) is 30.4 Å². The molecular formula is C42H48O5S2. The SMILES string of the molecule is C=C(/C=C\C(=C/CC)OC(=O)C(CCC)CCC)Sc1cccc2c1C(=O)c1cccc(Sc3ccc(OC(C)(C)CCC)cc3)c1C2=O. The molecule has 1 aliphatic rings. The number of hydrogen-bond acceptors (Lipinski definition) is 7. The topological polar surface area (TPSA) is 69.7 Å². The van der Waals surface area contributed by atoms with Crippen LogP contribution in [0.5, 0.6) is 5.75 Å². The minimum absolute atomic E-state index is 0.120. The van der Waals surface area contributed by atoms with Crippen molar-refractivity contribution in [3.8, 4) is 5.75 Å². The van der Waals surface area contributed by atoms with Crippen molar-refractivity contribution in [2.45, 2.75) is 107 Å². The minimum atomic E-state index is -0.252. The lowest BCUT2D eigenvalue weighted by Crippen LogP contribution is -2.27. The Bertz CT molecular complexity index is 1730. The molecule has 0 unspecified atom stereocenters. The molecule has 0 aromatic heterocycles. The molecule has 0 radical (unpaired) electrons. The summed E-state index contributed by atoms with van der Waals surface area (Å²) < 4.78 is 12.0. The van der Waals surface area contributed by atoms with E-state index in [9.17, 15) is 14.4 Å². The first-order valence-corrected chi connectivity index (χ1v) is 18.9. The van der Waals surface area contributed by atoms with E-state index < -0.39 is 0 Å². The van der Waals surface area contributed by atoms with Gasteiger partial charge in [0.25, 0.3) is 0 Å². The molecule has 3 aromatic carbocycles. The molecule has 0 fully saturated rings. The molecule has 49 heavy (non-hydrogen) atoms. The first-order chi connectivity index (χ1) is 23.5. The molecular weight excluding hydrogens is 649 g/mol. The molecule has 5 nitrogen and oxygen atoms in total. The van der Waals surface area contributed by atoms with Crippen molar-refractivity contribution in [3.63, 3.8) is 0 Å². The highest BCUT2D eigenvalue weighted by Crippen LogP contribution is 2.41. The maximum absolute atomic E-state index is 14.0. The second-order valence-corrected chi connectivity index (χ2v) is 15.1. The summed E-state index contributed by atoms with van der Waals surface area (Å²) in [4.78, 5) is 43.9. The number of fused-ring (bicyclic) bond motifs is 2. The second kappa shape index (κ2) is 17.7. The van der Waals surface area contributed by atoms with E-state index in [1.165, 1.54) is 23.5 Å². The van der Waals surface area contributed by atoms with Crippen LogP contribution in [0.4, 0.5) is 0 Å². The molecule has 0 saturated carbocycles. The zero-order valence-electron chi connectivity index (χ0n) is 29.6. The Morgan fingerprint density at radius 3 is 1.98 bits per heavy atom. The zero-order chi connectivity index (χ0) is 35.6. The van der Waals surface area contributed by atoms with Gasteiger partial charge in [-0.15, -0.1) is 0 Å². The number of allylic oxidation sites excluding steroid dienone is 3. The van der Waals surface area contributed by atoms with Crippen molar-refractivity contribution in [1.29, 1.82) is 0 Å². The lowest BCUT2D eigenvalue weighted by atomic mass is 9.84. The van der Waals surface area contributed by atoms with Crippen LogP contribution in [-0.4, -0.2) is 23.1 Å². The number of carbonyl (C=O) groups is 3. The van der Waals surface area contributed by atoms with Gasteiger partial charge >= 0.3 is 5.97 Å². The Hall–Kier alpha value is -3.81. The first kappa shape index (κ1) is 38.0. The Labute approximate surface area is 300 Å². The molecule has 0 heterocycles. The summed E-state index contributed by atoms with van der Waals surface area (Å²) >= 11 is 2.78. The Morgan fingerprint density at radius 1 is 0.816 bits per heavy atom. The van der Waals surface area contributed by atoms with Crippen molar-refractivity contribution in [1.82, 2.24) is 0 Å². The monoisotopic (exact) mass is 696 g/mol. The summed E-state index contributed by atoms with van der Waals surface area (Å²) in [5.41, 5.74) is 1.34. The summed E-state index contributed by atoms with van der Waals surface area (Å²) in [6.45, 7) is 16.6. The predicted molar refractivity (Wildman–Crippen MR) is 202 cm³/mol. The van der Waals surface area contributed by atoms with Crippen LogP contribution in [0.3, 0.4) is 0 Å². The standard InChI is InChI=1S/C42H48O5S2/c1-8-14-29(15-9-2)41(45)46-30(16-10-3)22-21-28(5)48-35-19-12-17-33-37(35)39(43)34-18-13-20-36(38(34)40(33)44)49-32-25-23-31(24-26-32)47-42(6,7)27-11-4/h12-13,16-26,29H,5,8-11,14-15,27H2,1-4,6-7H3/b22-21-,30-16+. The van der Waals surface area contributed by atoms with Crippen LogP contribution in [0.1, 0.15) is 118 Å². The molecule has 0 atom stereocenters. The highest BCUT2D eigenvalue weighted by atomic mass is 32.2. The molecule has 3 aromatic rings. The van der Waals surface area contributed by atoms with Crippen LogP contribution >= 0.6 is 23.5 Å². The van der Waals surface area contributed by atoms with Crippen molar-refractivity contribution >= 4 is 41.1 Å². The fourth-order valence-electron chi connectivity index (χ4n) is 6.00. The van der Waals surface area contributed by atoms with Gasteiger partial charge in [0.05, 0.1) is 5.92 Å². The van der Waals surface area contributed by atoms with E-state index in [0.717, 1.165) is 54.1 Å². The molecule has 258 valence electrons. The van der Waals surface area contributed by atoms with E-state index in [4.69, 9.17) is 9.47 Å². The third kappa shape index (κ3) is 9.89. The number of ether oxygens (including phenoxy) is 2. The van der Waals surface area contributed by atoms with Crippen LogP contribution in [-0.2, 0) is 9.53 Å². The van der Waals surface area contributed by atoms with Crippen LogP contribution in [0.2, 0.25) is 0 Å². The van der Waals surface area contributed by atoms with Gasteiger partial charge in [0.2, 0.25) is 0 Å². The van der Waals surface area contributed by atoms with Crippen molar-refractivity contribution < 1.29 is 23.9 Å². The number of esters is 1. The van der Waals surface area contributed by atoms with Gasteiger partial charge in [0, 0.05) is 41.8 Å². The number of rotatable bonds is 17. The van der Waals surface area contributed by atoms with Crippen molar-refractivity contribution in [3.05, 3.63) is 118 Å². The lowest BCUT2D eigenvalue weighted by molar-refractivity contribution is -0.144. The van der Waals surface area contributed by atoms with Crippen LogP contribution in [0, 0.1) is 5.92 Å². The van der Waals surface area contributed by atoms with Crippen LogP contribution in [0.15, 0.2) is 111 Å². The average Bonchev–Trinajstić information content (AvgIpc) is 3.06. The van der Waals surface area contributed by atoms with Crippen molar-refractivity contribution in [2.24, 2.45) is 5.92 Å². The summed E-state index contributed by atoms with van der Waals surface area (Å²) in [7, 11) is 0. The number of hydrogen-bond donors (Lipinski definition) is 0. The summed E-state index contributed by atoms with van der Waals surface area (Å²) in [6.07, 6.45) is 11.5. The lowest BCUT2D eigenvalue weighted by Gasteiger charge is -2.26. The molecule has 1 aliphatic carbocycles. The van der Waals surface area contributed by atoms with Gasteiger partial charge in [0.15, 0.2) is 11.6 Å². The quantitative estimate of drug-likeness (QED) is 0.0471. The van der Waals surface area contributed by atoms with E-state index in [1.807, 2.05) is 55.5 Å². The summed E-state index contributed by atoms with van der Waals surface area (Å²) in [5.74, 6) is 0.588. The van der Waals surface area contributed by atoms with Gasteiger partial charge in [-0.2, -0.15) is 0 Å². The van der Waals surface area contributed by atoms with Crippen LogP contribution < -0.4 is 4.74 Å². The van der Waals surface area contributed by atoms with E-state index in [-0.39, 0.29) is 29.1 Å². The number of carbonyl (C=O) groups excluding carboxylic acids is 3. The molecule has 0 N–H and O–H groups in total. The second-order valence-electron chi connectivity index (χ2n) is 12.8. The van der Waals surface area contributed by atoms with Gasteiger partial charge in [-0.3, -0.25) is 14.4 Å². The number of ketones is 2. The third-order valence-electron chi connectivity index (χ3n) is 8.20. The maximum Gasteiger partial charge on any atom is 0.314 e. The minimum Gasteiger partial charge on any atom is -0.488 e. The zero-order valence-corrected chi connectivity index (χ0v) is 31.2. The predicted octanol–water partition coefficient (Wildman–Crippen LogP) is 11.8. The molecule has 0 spiro atoms. The number of thioether (sulfide) groups is 1. The van der Waals surface area contributed by atoms with E-state index >= 15 is 0 Å². The normalized spacial score (nSPS) is 13.1. The summed E-state index contributed by atoms with van der Waals surface area (Å²) in [5, 5.41) is 0. The molecule has 0 aliphatic heterocycles. The Balaban J connectivity index is 1.52. The molecule has 0 saturated heterocycles. The van der Waals surface area contributed by atoms with Gasteiger partial charge in [-0.05, 0) is 94.2 Å². The molecule has 7 heteroatoms. The van der Waals surface area contributed by atoms with Gasteiger partial charge < -0.3 is 9.47 Å². The number of benzene rings is 3. The summed E-state index contributed by atoms with van der Waals surface area (Å²) in [6, 6.07) is 18.7. The Kier molecular flexibility index (Phi) is 13.7. The van der Waals surface area contributed by atoms with Crippen molar-refractivity contribution in [2.75, 3.05) is 0 Å².